The molecule has 8 heteroatoms. The molecule has 2 aliphatic heterocycles. The van der Waals surface area contributed by atoms with Crippen molar-refractivity contribution in [3.05, 3.63) is 0 Å². The summed E-state index contributed by atoms with van der Waals surface area (Å²) in [6.45, 7) is 1.88. The monoisotopic (exact) mass is 277 g/mol. The Balaban J connectivity index is 2.19. The molecular weight excluding hydrogens is 258 g/mol. The summed E-state index contributed by atoms with van der Waals surface area (Å²) in [5.74, 6) is -0.316. The average Bonchev–Trinajstić information content (AvgIpc) is 2.92. The molecule has 2 rings (SSSR count). The van der Waals surface area contributed by atoms with E-state index in [-0.39, 0.29) is 19.1 Å². The van der Waals surface area contributed by atoms with E-state index in [0.29, 0.717) is 26.1 Å². The highest BCUT2D eigenvalue weighted by Crippen LogP contribution is 2.20. The number of morpholine rings is 1. The number of carbonyl (C=O) groups is 1. The molecule has 0 aromatic heterocycles. The van der Waals surface area contributed by atoms with Crippen molar-refractivity contribution in [2.45, 2.75) is 17.7 Å². The van der Waals surface area contributed by atoms with Crippen molar-refractivity contribution in [2.24, 2.45) is 0 Å². The number of hydrogen-bond acceptors (Lipinski definition) is 5. The maximum absolute atomic E-state index is 12.5. The van der Waals surface area contributed by atoms with Crippen molar-refractivity contribution < 1.29 is 17.9 Å². The van der Waals surface area contributed by atoms with Crippen molar-refractivity contribution in [3.8, 4) is 0 Å². The van der Waals surface area contributed by atoms with Gasteiger partial charge in [0.15, 0.2) is 0 Å². The van der Waals surface area contributed by atoms with Crippen LogP contribution in [-0.2, 0) is 19.6 Å². The Labute approximate surface area is 107 Å². The van der Waals surface area contributed by atoms with E-state index >= 15 is 0 Å². The number of amides is 1. The zero-order chi connectivity index (χ0) is 13.2. The number of nitrogens with one attached hydrogen (secondary N) is 2. The predicted molar refractivity (Wildman–Crippen MR) is 65.6 cm³/mol. The minimum atomic E-state index is -3.44. The number of likely N-dealkylation sites (N-methyl/N-ethyl adjacent to an activating group) is 1. The van der Waals surface area contributed by atoms with E-state index < -0.39 is 21.3 Å². The maximum Gasteiger partial charge on any atom is 0.240 e. The number of ether oxygens (including phenoxy) is 1. The Kier molecular flexibility index (Phi) is 4.21. The van der Waals surface area contributed by atoms with Gasteiger partial charge in [0.1, 0.15) is 6.04 Å². The average molecular weight is 277 g/mol. The fourth-order valence-corrected chi connectivity index (χ4v) is 4.31. The van der Waals surface area contributed by atoms with E-state index in [9.17, 15) is 13.2 Å². The molecular formula is C10H19N3O4S. The van der Waals surface area contributed by atoms with Gasteiger partial charge >= 0.3 is 0 Å². The Morgan fingerprint density at radius 2 is 2.28 bits per heavy atom. The molecule has 2 saturated heterocycles. The lowest BCUT2D eigenvalue weighted by molar-refractivity contribution is -0.128. The van der Waals surface area contributed by atoms with Gasteiger partial charge < -0.3 is 15.4 Å². The summed E-state index contributed by atoms with van der Waals surface area (Å²) in [6.07, 6.45) is 0.597. The molecule has 0 spiro atoms. The molecule has 0 aromatic carbocycles. The predicted octanol–water partition coefficient (Wildman–Crippen LogP) is -1.88. The third-order valence-corrected chi connectivity index (χ3v) is 5.73. The Morgan fingerprint density at radius 1 is 1.50 bits per heavy atom. The van der Waals surface area contributed by atoms with Gasteiger partial charge in [-0.15, -0.1) is 0 Å². The van der Waals surface area contributed by atoms with Gasteiger partial charge in [0, 0.05) is 20.1 Å². The standard InChI is InChI=1S/C10H19N3O4S/c1-11-10(14)9-7-17-5-4-13(9)18(15,16)8-2-3-12-6-8/h8-9,12H,2-7H2,1H3,(H,11,14). The van der Waals surface area contributed by atoms with Gasteiger partial charge in [-0.1, -0.05) is 0 Å². The molecule has 2 heterocycles. The maximum atomic E-state index is 12.5. The van der Waals surface area contributed by atoms with Crippen molar-refractivity contribution in [1.29, 1.82) is 0 Å². The van der Waals surface area contributed by atoms with Crippen LogP contribution in [0.3, 0.4) is 0 Å². The summed E-state index contributed by atoms with van der Waals surface area (Å²) in [6, 6.07) is -0.741. The van der Waals surface area contributed by atoms with Gasteiger partial charge in [-0.25, -0.2) is 8.42 Å². The van der Waals surface area contributed by atoms with E-state index in [0.717, 1.165) is 0 Å². The molecule has 2 aliphatic rings. The molecule has 2 unspecified atom stereocenters. The third kappa shape index (κ3) is 2.51. The minimum Gasteiger partial charge on any atom is -0.378 e. The molecule has 0 aromatic rings. The zero-order valence-electron chi connectivity index (χ0n) is 10.4. The topological polar surface area (TPSA) is 87.7 Å². The summed E-state index contributed by atoms with van der Waals surface area (Å²) in [5, 5.41) is 5.10. The number of carbonyl (C=O) groups excluding carboxylic acids is 1. The van der Waals surface area contributed by atoms with Crippen molar-refractivity contribution >= 4 is 15.9 Å². The highest BCUT2D eigenvalue weighted by atomic mass is 32.2. The third-order valence-electron chi connectivity index (χ3n) is 3.39. The molecule has 2 fully saturated rings. The van der Waals surface area contributed by atoms with Crippen LogP contribution in [0.5, 0.6) is 0 Å². The van der Waals surface area contributed by atoms with Crippen molar-refractivity contribution in [1.82, 2.24) is 14.9 Å². The van der Waals surface area contributed by atoms with E-state index in [1.165, 1.54) is 11.4 Å². The SMILES string of the molecule is CNC(=O)C1COCCN1S(=O)(=O)C1CCNC1. The summed E-state index contributed by atoms with van der Waals surface area (Å²) in [5.41, 5.74) is 0. The molecule has 2 N–H and O–H groups in total. The first kappa shape index (κ1) is 13.7. The molecule has 2 atom stereocenters. The molecule has 0 saturated carbocycles. The van der Waals surface area contributed by atoms with Crippen LogP contribution in [0.25, 0.3) is 0 Å². The van der Waals surface area contributed by atoms with Crippen LogP contribution in [-0.4, -0.2) is 69.8 Å². The molecule has 0 aliphatic carbocycles. The Morgan fingerprint density at radius 3 is 2.89 bits per heavy atom. The summed E-state index contributed by atoms with van der Waals surface area (Å²) in [7, 11) is -1.94. The molecule has 104 valence electrons. The van der Waals surface area contributed by atoms with E-state index in [2.05, 4.69) is 10.6 Å². The van der Waals surface area contributed by atoms with Gasteiger partial charge in [0.05, 0.1) is 18.5 Å². The molecule has 18 heavy (non-hydrogen) atoms. The Hall–Kier alpha value is -0.700. The number of nitrogens with zero attached hydrogens (tertiary/aromatic N) is 1. The summed E-state index contributed by atoms with van der Waals surface area (Å²) >= 11 is 0. The number of hydrogen-bond donors (Lipinski definition) is 2. The van der Waals surface area contributed by atoms with Crippen LogP contribution < -0.4 is 10.6 Å². The van der Waals surface area contributed by atoms with Gasteiger partial charge in [0.2, 0.25) is 15.9 Å². The second-order valence-corrected chi connectivity index (χ2v) is 6.64. The summed E-state index contributed by atoms with van der Waals surface area (Å²) in [4.78, 5) is 11.7. The molecule has 1 amide bonds. The van der Waals surface area contributed by atoms with Crippen LogP contribution in [0.1, 0.15) is 6.42 Å². The molecule has 0 bridgehead atoms. The first-order valence-corrected chi connectivity index (χ1v) is 7.58. The van der Waals surface area contributed by atoms with Crippen molar-refractivity contribution in [2.75, 3.05) is 39.9 Å². The normalized spacial score (nSPS) is 30.3. The number of rotatable bonds is 3. The molecule has 0 radical (unpaired) electrons. The second-order valence-electron chi connectivity index (χ2n) is 4.48. The van der Waals surface area contributed by atoms with E-state index in [1.54, 1.807) is 0 Å². The quantitative estimate of drug-likeness (QED) is 0.631. The van der Waals surface area contributed by atoms with Crippen LogP contribution in [0, 0.1) is 0 Å². The first-order chi connectivity index (χ1) is 8.57. The molecule has 7 nitrogen and oxygen atoms in total. The minimum absolute atomic E-state index is 0.124. The van der Waals surface area contributed by atoms with Gasteiger partial charge in [-0.2, -0.15) is 4.31 Å². The Bertz CT molecular complexity index is 405. The summed E-state index contributed by atoms with van der Waals surface area (Å²) < 4.78 is 31.4. The second kappa shape index (κ2) is 5.52. The van der Waals surface area contributed by atoms with Crippen LogP contribution in [0.2, 0.25) is 0 Å². The van der Waals surface area contributed by atoms with Crippen LogP contribution in [0.15, 0.2) is 0 Å². The van der Waals surface area contributed by atoms with Crippen LogP contribution >= 0.6 is 0 Å². The van der Waals surface area contributed by atoms with E-state index in [4.69, 9.17) is 4.74 Å². The lowest BCUT2D eigenvalue weighted by atomic mass is 10.2. The largest absolute Gasteiger partial charge is 0.378 e. The fraction of sp³-hybridized carbons (Fsp3) is 0.900. The van der Waals surface area contributed by atoms with Gasteiger partial charge in [-0.05, 0) is 13.0 Å². The van der Waals surface area contributed by atoms with Crippen LogP contribution in [0.4, 0.5) is 0 Å². The van der Waals surface area contributed by atoms with Crippen molar-refractivity contribution in [3.63, 3.8) is 0 Å². The highest BCUT2D eigenvalue weighted by molar-refractivity contribution is 7.89. The van der Waals surface area contributed by atoms with Gasteiger partial charge in [0.25, 0.3) is 0 Å². The van der Waals surface area contributed by atoms with Gasteiger partial charge in [-0.3, -0.25) is 4.79 Å². The lowest BCUT2D eigenvalue weighted by Crippen LogP contribution is -2.57. The smallest absolute Gasteiger partial charge is 0.240 e. The highest BCUT2D eigenvalue weighted by Gasteiger charge is 2.41. The number of sulfonamides is 1. The zero-order valence-corrected chi connectivity index (χ0v) is 11.2. The lowest BCUT2D eigenvalue weighted by Gasteiger charge is -2.34. The van der Waals surface area contributed by atoms with E-state index in [1.807, 2.05) is 0 Å². The fourth-order valence-electron chi connectivity index (χ4n) is 2.34. The first-order valence-electron chi connectivity index (χ1n) is 6.08.